The maximum absolute atomic E-state index is 12.6. The van der Waals surface area contributed by atoms with Crippen molar-refractivity contribution in [3.05, 3.63) is 89.6 Å². The van der Waals surface area contributed by atoms with E-state index < -0.39 is 0 Å². The number of carbonyl (C=O) groups excluding carboxylic acids is 1. The molecular formula is C23H16ClN3OS. The van der Waals surface area contributed by atoms with Crippen LogP contribution in [0.4, 0.5) is 5.69 Å². The zero-order valence-electron chi connectivity index (χ0n) is 15.3. The Bertz CT molecular complexity index is 1210. The van der Waals surface area contributed by atoms with E-state index in [0.717, 1.165) is 33.5 Å². The first-order valence-electron chi connectivity index (χ1n) is 9.21. The van der Waals surface area contributed by atoms with Crippen molar-refractivity contribution >= 4 is 46.0 Å². The van der Waals surface area contributed by atoms with Gasteiger partial charge in [-0.25, -0.2) is 9.97 Å². The molecule has 0 spiro atoms. The highest BCUT2D eigenvalue weighted by Crippen LogP contribution is 2.44. The van der Waals surface area contributed by atoms with E-state index >= 15 is 0 Å². The largest absolute Gasteiger partial charge is 0.295 e. The first-order chi connectivity index (χ1) is 14.2. The normalized spacial score (nSPS) is 16.5. The van der Waals surface area contributed by atoms with Crippen molar-refractivity contribution in [2.45, 2.75) is 5.37 Å². The summed E-state index contributed by atoms with van der Waals surface area (Å²) in [6.45, 7) is 0. The van der Waals surface area contributed by atoms with Crippen molar-refractivity contribution in [2.75, 3.05) is 10.7 Å². The first kappa shape index (κ1) is 18.2. The topological polar surface area (TPSA) is 46.1 Å². The summed E-state index contributed by atoms with van der Waals surface area (Å²) in [7, 11) is 0. The standard InChI is InChI=1S/C23H16ClN3OS/c24-19-6-2-1-5-18(19)23-27(21(28)14-29-23)17-10-7-15(8-11-17)20-12-9-16-4-3-13-25-22(16)26-20/h1-13,23H,14H2. The average molecular weight is 418 g/mol. The molecule has 4 aromatic rings. The number of benzene rings is 2. The van der Waals surface area contributed by atoms with E-state index in [9.17, 15) is 4.79 Å². The van der Waals surface area contributed by atoms with Crippen LogP contribution in [0.5, 0.6) is 0 Å². The van der Waals surface area contributed by atoms with Crippen LogP contribution in [-0.2, 0) is 4.79 Å². The van der Waals surface area contributed by atoms with Crippen LogP contribution in [0.2, 0.25) is 5.02 Å². The molecule has 142 valence electrons. The minimum atomic E-state index is -0.120. The predicted octanol–water partition coefficient (Wildman–Crippen LogP) is 5.73. The number of halogens is 1. The van der Waals surface area contributed by atoms with Gasteiger partial charge in [-0.05, 0) is 42.5 Å². The summed E-state index contributed by atoms with van der Waals surface area (Å²) in [4.78, 5) is 23.4. The molecule has 0 radical (unpaired) electrons. The Morgan fingerprint density at radius 1 is 0.966 bits per heavy atom. The molecule has 1 saturated heterocycles. The summed E-state index contributed by atoms with van der Waals surface area (Å²) in [5, 5.41) is 1.56. The molecule has 0 saturated carbocycles. The highest BCUT2D eigenvalue weighted by Gasteiger charge is 2.35. The number of hydrogen-bond acceptors (Lipinski definition) is 4. The molecular weight excluding hydrogens is 402 g/mol. The first-order valence-corrected chi connectivity index (χ1v) is 10.6. The van der Waals surface area contributed by atoms with E-state index in [2.05, 4.69) is 9.97 Å². The number of pyridine rings is 2. The van der Waals surface area contributed by atoms with E-state index in [0.29, 0.717) is 10.8 Å². The van der Waals surface area contributed by atoms with Crippen LogP contribution in [0.25, 0.3) is 22.3 Å². The van der Waals surface area contributed by atoms with Gasteiger partial charge in [-0.1, -0.05) is 41.9 Å². The molecule has 2 aromatic carbocycles. The molecule has 3 heterocycles. The third-order valence-electron chi connectivity index (χ3n) is 4.94. The molecule has 0 aliphatic carbocycles. The number of amides is 1. The fourth-order valence-corrected chi connectivity index (χ4v) is 5.03. The predicted molar refractivity (Wildman–Crippen MR) is 119 cm³/mol. The molecule has 0 N–H and O–H groups in total. The molecule has 29 heavy (non-hydrogen) atoms. The highest BCUT2D eigenvalue weighted by molar-refractivity contribution is 8.00. The maximum atomic E-state index is 12.6. The number of hydrogen-bond donors (Lipinski definition) is 0. The number of fused-ring (bicyclic) bond motifs is 1. The number of aromatic nitrogens is 2. The van der Waals surface area contributed by atoms with Crippen LogP contribution in [0.15, 0.2) is 79.0 Å². The Balaban J connectivity index is 1.48. The molecule has 5 rings (SSSR count). The second-order valence-electron chi connectivity index (χ2n) is 6.74. The number of anilines is 1. The third kappa shape index (κ3) is 3.37. The zero-order chi connectivity index (χ0) is 19.8. The number of thioether (sulfide) groups is 1. The van der Waals surface area contributed by atoms with Gasteiger partial charge in [-0.15, -0.1) is 11.8 Å². The SMILES string of the molecule is O=C1CSC(c2ccccc2Cl)N1c1ccc(-c2ccc3cccnc3n2)cc1. The Morgan fingerprint density at radius 3 is 2.62 bits per heavy atom. The second-order valence-corrected chi connectivity index (χ2v) is 8.22. The van der Waals surface area contributed by atoms with Crippen molar-refractivity contribution in [1.29, 1.82) is 0 Å². The third-order valence-corrected chi connectivity index (χ3v) is 6.48. The maximum Gasteiger partial charge on any atom is 0.238 e. The monoisotopic (exact) mass is 417 g/mol. The minimum Gasteiger partial charge on any atom is -0.295 e. The summed E-state index contributed by atoms with van der Waals surface area (Å²) in [6.07, 6.45) is 1.74. The zero-order valence-corrected chi connectivity index (χ0v) is 16.9. The molecule has 1 unspecified atom stereocenters. The van der Waals surface area contributed by atoms with E-state index in [1.807, 2.05) is 77.7 Å². The second kappa shape index (κ2) is 7.50. The van der Waals surface area contributed by atoms with Crippen LogP contribution in [0.1, 0.15) is 10.9 Å². The molecule has 1 aliphatic heterocycles. The van der Waals surface area contributed by atoms with Crippen molar-refractivity contribution in [3.63, 3.8) is 0 Å². The van der Waals surface area contributed by atoms with Gasteiger partial charge in [0, 0.05) is 33.4 Å². The Labute approximate surface area is 177 Å². The lowest BCUT2D eigenvalue weighted by Crippen LogP contribution is -2.27. The van der Waals surface area contributed by atoms with Crippen LogP contribution in [0.3, 0.4) is 0 Å². The average Bonchev–Trinajstić information content (AvgIpc) is 3.15. The lowest BCUT2D eigenvalue weighted by atomic mass is 10.1. The molecule has 4 nitrogen and oxygen atoms in total. The summed E-state index contributed by atoms with van der Waals surface area (Å²) in [5.41, 5.74) is 4.37. The summed E-state index contributed by atoms with van der Waals surface area (Å²) in [5.74, 6) is 0.524. The summed E-state index contributed by atoms with van der Waals surface area (Å²) >= 11 is 7.99. The lowest BCUT2D eigenvalue weighted by Gasteiger charge is -2.25. The highest BCUT2D eigenvalue weighted by atomic mass is 35.5. The van der Waals surface area contributed by atoms with Gasteiger partial charge in [0.1, 0.15) is 5.37 Å². The smallest absolute Gasteiger partial charge is 0.238 e. The molecule has 1 fully saturated rings. The van der Waals surface area contributed by atoms with E-state index in [1.165, 1.54) is 0 Å². The van der Waals surface area contributed by atoms with Crippen LogP contribution in [-0.4, -0.2) is 21.6 Å². The van der Waals surface area contributed by atoms with E-state index in [4.69, 9.17) is 11.6 Å². The minimum absolute atomic E-state index is 0.0840. The van der Waals surface area contributed by atoms with Gasteiger partial charge in [-0.3, -0.25) is 9.69 Å². The van der Waals surface area contributed by atoms with Gasteiger partial charge in [0.05, 0.1) is 11.4 Å². The number of nitrogens with zero attached hydrogens (tertiary/aromatic N) is 3. The Kier molecular flexibility index (Phi) is 4.70. The fourth-order valence-electron chi connectivity index (χ4n) is 3.52. The van der Waals surface area contributed by atoms with Gasteiger partial charge in [0.25, 0.3) is 0 Å². The summed E-state index contributed by atoms with van der Waals surface area (Å²) in [6, 6.07) is 23.5. The molecule has 1 atom stereocenters. The summed E-state index contributed by atoms with van der Waals surface area (Å²) < 4.78 is 0. The Hall–Kier alpha value is -2.89. The van der Waals surface area contributed by atoms with Crippen LogP contribution in [0, 0.1) is 0 Å². The number of carbonyl (C=O) groups is 1. The molecule has 0 bridgehead atoms. The van der Waals surface area contributed by atoms with Crippen molar-refractivity contribution in [1.82, 2.24) is 9.97 Å². The van der Waals surface area contributed by atoms with Crippen molar-refractivity contribution in [2.24, 2.45) is 0 Å². The van der Waals surface area contributed by atoms with Gasteiger partial charge in [0.15, 0.2) is 5.65 Å². The molecule has 1 amide bonds. The van der Waals surface area contributed by atoms with Gasteiger partial charge < -0.3 is 0 Å². The Morgan fingerprint density at radius 2 is 1.79 bits per heavy atom. The van der Waals surface area contributed by atoms with Crippen LogP contribution < -0.4 is 4.90 Å². The van der Waals surface area contributed by atoms with Crippen molar-refractivity contribution in [3.8, 4) is 11.3 Å². The quantitative estimate of drug-likeness (QED) is 0.427. The van der Waals surface area contributed by atoms with Gasteiger partial charge >= 0.3 is 0 Å². The fraction of sp³-hybridized carbons (Fsp3) is 0.0870. The molecule has 6 heteroatoms. The van der Waals surface area contributed by atoms with Crippen molar-refractivity contribution < 1.29 is 4.79 Å². The van der Waals surface area contributed by atoms with Gasteiger partial charge in [-0.2, -0.15) is 0 Å². The van der Waals surface area contributed by atoms with Gasteiger partial charge in [0.2, 0.25) is 5.91 Å². The van der Waals surface area contributed by atoms with Crippen LogP contribution >= 0.6 is 23.4 Å². The van der Waals surface area contributed by atoms with E-state index in [-0.39, 0.29) is 11.3 Å². The van der Waals surface area contributed by atoms with E-state index in [1.54, 1.807) is 18.0 Å². The lowest BCUT2D eigenvalue weighted by molar-refractivity contribution is -0.115. The molecule has 1 aliphatic rings. The number of rotatable bonds is 3. The molecule has 2 aromatic heterocycles.